The van der Waals surface area contributed by atoms with Gasteiger partial charge in [0, 0.05) is 6.54 Å². The Morgan fingerprint density at radius 3 is 2.79 bits per heavy atom. The summed E-state index contributed by atoms with van der Waals surface area (Å²) in [4.78, 5) is 3.93. The molecule has 0 radical (unpaired) electrons. The van der Waals surface area contributed by atoms with Crippen molar-refractivity contribution >= 4 is 0 Å². The molecule has 0 saturated carbocycles. The molecule has 5 heteroatoms. The van der Waals surface area contributed by atoms with Crippen LogP contribution in [0.3, 0.4) is 0 Å². The molecule has 0 aliphatic carbocycles. The third kappa shape index (κ3) is 2.51. The number of hydrogen-bond acceptors (Lipinski definition) is 2. The summed E-state index contributed by atoms with van der Waals surface area (Å²) in [5, 5.41) is 10.2. The average Bonchev–Trinajstić information content (AvgIpc) is 2.83. The zero-order chi connectivity index (χ0) is 14.0. The molecule has 3 nitrogen and oxygen atoms in total. The Kier molecular flexibility index (Phi) is 3.95. The van der Waals surface area contributed by atoms with E-state index in [0.717, 1.165) is 12.5 Å². The van der Waals surface area contributed by atoms with Crippen LogP contribution in [0.15, 0.2) is 24.7 Å². The molecule has 1 heterocycles. The van der Waals surface area contributed by atoms with Crippen LogP contribution < -0.4 is 0 Å². The molecule has 0 amide bonds. The van der Waals surface area contributed by atoms with E-state index in [1.165, 1.54) is 19.2 Å². The van der Waals surface area contributed by atoms with Crippen LogP contribution >= 0.6 is 0 Å². The van der Waals surface area contributed by atoms with Crippen LogP contribution in [0.1, 0.15) is 36.3 Å². The molecule has 19 heavy (non-hydrogen) atoms. The van der Waals surface area contributed by atoms with E-state index < -0.39 is 17.7 Å². The fourth-order valence-corrected chi connectivity index (χ4v) is 2.06. The van der Waals surface area contributed by atoms with Gasteiger partial charge in [-0.2, -0.15) is 0 Å². The van der Waals surface area contributed by atoms with Gasteiger partial charge in [-0.3, -0.25) is 0 Å². The number of imidazole rings is 1. The lowest BCUT2D eigenvalue weighted by atomic mass is 10.0. The van der Waals surface area contributed by atoms with E-state index in [4.69, 9.17) is 0 Å². The molecule has 0 fully saturated rings. The number of rotatable bonds is 4. The van der Waals surface area contributed by atoms with Crippen LogP contribution in [-0.4, -0.2) is 14.7 Å². The van der Waals surface area contributed by atoms with E-state index in [9.17, 15) is 13.9 Å². The molecule has 0 saturated heterocycles. The van der Waals surface area contributed by atoms with Gasteiger partial charge >= 0.3 is 0 Å². The topological polar surface area (TPSA) is 38.0 Å². The van der Waals surface area contributed by atoms with E-state index >= 15 is 0 Å². The highest BCUT2D eigenvalue weighted by molar-refractivity contribution is 5.32. The van der Waals surface area contributed by atoms with Crippen molar-refractivity contribution in [2.24, 2.45) is 0 Å². The van der Waals surface area contributed by atoms with E-state index in [-0.39, 0.29) is 5.56 Å². The van der Waals surface area contributed by atoms with Gasteiger partial charge in [0.1, 0.15) is 17.7 Å². The number of aliphatic hydroxyl groups is 1. The first-order valence-electron chi connectivity index (χ1n) is 6.18. The molecule has 0 spiro atoms. The third-order valence-electron chi connectivity index (χ3n) is 3.08. The van der Waals surface area contributed by atoms with Crippen molar-refractivity contribution in [1.29, 1.82) is 0 Å². The van der Waals surface area contributed by atoms with E-state index in [0.29, 0.717) is 17.8 Å². The Labute approximate surface area is 110 Å². The van der Waals surface area contributed by atoms with Gasteiger partial charge in [0.15, 0.2) is 0 Å². The number of aromatic nitrogens is 2. The van der Waals surface area contributed by atoms with Crippen LogP contribution in [0.5, 0.6) is 0 Å². The Hall–Kier alpha value is -1.75. The van der Waals surface area contributed by atoms with Crippen molar-refractivity contribution in [1.82, 2.24) is 9.55 Å². The van der Waals surface area contributed by atoms with Crippen LogP contribution in [0.4, 0.5) is 8.78 Å². The average molecular weight is 266 g/mol. The summed E-state index contributed by atoms with van der Waals surface area (Å²) in [6.07, 6.45) is 2.47. The summed E-state index contributed by atoms with van der Waals surface area (Å²) in [7, 11) is 0. The van der Waals surface area contributed by atoms with Gasteiger partial charge < -0.3 is 9.67 Å². The molecule has 0 bridgehead atoms. The zero-order valence-electron chi connectivity index (χ0n) is 10.9. The van der Waals surface area contributed by atoms with Gasteiger partial charge in [-0.05, 0) is 25.0 Å². The lowest BCUT2D eigenvalue weighted by Crippen LogP contribution is -2.12. The largest absolute Gasteiger partial charge is 0.382 e. The minimum atomic E-state index is -1.35. The predicted molar refractivity (Wildman–Crippen MR) is 67.7 cm³/mol. The first kappa shape index (κ1) is 13.7. The second kappa shape index (κ2) is 5.48. The fourth-order valence-electron chi connectivity index (χ4n) is 2.06. The maximum absolute atomic E-state index is 14.0. The van der Waals surface area contributed by atoms with Gasteiger partial charge in [0.05, 0.1) is 23.8 Å². The first-order chi connectivity index (χ1) is 9.06. The zero-order valence-corrected chi connectivity index (χ0v) is 10.9. The maximum Gasteiger partial charge on any atom is 0.135 e. The number of halogens is 2. The lowest BCUT2D eigenvalue weighted by molar-refractivity contribution is 0.198. The van der Waals surface area contributed by atoms with Crippen molar-refractivity contribution in [3.05, 3.63) is 53.1 Å². The molecule has 0 aliphatic rings. The second-order valence-corrected chi connectivity index (χ2v) is 4.51. The van der Waals surface area contributed by atoms with E-state index in [2.05, 4.69) is 4.98 Å². The number of aryl methyl sites for hydroxylation is 2. The minimum Gasteiger partial charge on any atom is -0.382 e. The maximum atomic E-state index is 14.0. The van der Waals surface area contributed by atoms with Crippen molar-refractivity contribution in [2.75, 3.05) is 0 Å². The molecule has 1 unspecified atom stereocenters. The highest BCUT2D eigenvalue weighted by Gasteiger charge is 2.23. The lowest BCUT2D eigenvalue weighted by Gasteiger charge is -2.16. The summed E-state index contributed by atoms with van der Waals surface area (Å²) in [5.41, 5.74) is 0.375. The predicted octanol–water partition coefficient (Wildman–Crippen LogP) is 2.96. The number of nitrogens with zero attached hydrogens (tertiary/aromatic N) is 2. The van der Waals surface area contributed by atoms with Gasteiger partial charge in [0.25, 0.3) is 0 Å². The van der Waals surface area contributed by atoms with Crippen LogP contribution in [0.2, 0.25) is 0 Å². The summed E-state index contributed by atoms with van der Waals surface area (Å²) in [6.45, 7) is 4.15. The first-order valence-corrected chi connectivity index (χ1v) is 6.18. The Balaban J connectivity index is 2.47. The molecule has 1 N–H and O–H groups in total. The molecular formula is C14H16F2N2O. The van der Waals surface area contributed by atoms with Gasteiger partial charge in [0.2, 0.25) is 0 Å². The summed E-state index contributed by atoms with van der Waals surface area (Å²) in [5.74, 6) is -1.46. The molecular weight excluding hydrogens is 250 g/mol. The minimum absolute atomic E-state index is 0.303. The van der Waals surface area contributed by atoms with E-state index in [1.807, 2.05) is 6.92 Å². The van der Waals surface area contributed by atoms with Crippen molar-refractivity contribution in [2.45, 2.75) is 32.9 Å². The number of benzene rings is 1. The molecule has 0 aliphatic heterocycles. The molecule has 1 atom stereocenters. The van der Waals surface area contributed by atoms with Gasteiger partial charge in [-0.15, -0.1) is 0 Å². The molecule has 1 aromatic carbocycles. The fraction of sp³-hybridized carbons (Fsp3) is 0.357. The molecule has 2 rings (SSSR count). The van der Waals surface area contributed by atoms with E-state index in [1.54, 1.807) is 10.9 Å². The third-order valence-corrected chi connectivity index (χ3v) is 3.08. The van der Waals surface area contributed by atoms with Crippen molar-refractivity contribution < 1.29 is 13.9 Å². The summed E-state index contributed by atoms with van der Waals surface area (Å²) < 4.78 is 29.5. The van der Waals surface area contributed by atoms with Crippen LogP contribution in [0.25, 0.3) is 0 Å². The van der Waals surface area contributed by atoms with Crippen LogP contribution in [0, 0.1) is 18.6 Å². The molecule has 1 aromatic heterocycles. The number of hydrogen-bond donors (Lipinski definition) is 1. The molecule has 102 valence electrons. The highest BCUT2D eigenvalue weighted by Crippen LogP contribution is 2.28. The second-order valence-electron chi connectivity index (χ2n) is 4.51. The molecule has 2 aromatic rings. The Morgan fingerprint density at radius 2 is 2.11 bits per heavy atom. The van der Waals surface area contributed by atoms with Crippen molar-refractivity contribution in [3.8, 4) is 0 Å². The Bertz CT molecular complexity index is 581. The summed E-state index contributed by atoms with van der Waals surface area (Å²) in [6, 6.07) is 2.52. The monoisotopic (exact) mass is 266 g/mol. The van der Waals surface area contributed by atoms with Gasteiger partial charge in [-0.1, -0.05) is 13.0 Å². The smallest absolute Gasteiger partial charge is 0.135 e. The SMILES string of the molecule is CCCn1cncc1C(O)c1c(F)ccc(C)c1F. The normalized spacial score (nSPS) is 12.7. The standard InChI is InChI=1S/C14H16F2N2O/c1-3-6-18-8-17-7-11(18)14(19)12-10(15)5-4-9(2)13(12)16/h4-5,7-8,14,19H,3,6H2,1-2H3. The quantitative estimate of drug-likeness (QED) is 0.924. The number of aliphatic hydroxyl groups excluding tert-OH is 1. The van der Waals surface area contributed by atoms with Gasteiger partial charge in [-0.25, -0.2) is 13.8 Å². The van der Waals surface area contributed by atoms with Crippen LogP contribution in [-0.2, 0) is 6.54 Å². The Morgan fingerprint density at radius 1 is 1.37 bits per heavy atom. The van der Waals surface area contributed by atoms with Crippen molar-refractivity contribution in [3.63, 3.8) is 0 Å². The highest BCUT2D eigenvalue weighted by atomic mass is 19.1. The summed E-state index contributed by atoms with van der Waals surface area (Å²) >= 11 is 0.